The molecule has 0 aliphatic heterocycles. The van der Waals surface area contributed by atoms with Crippen molar-refractivity contribution in [2.75, 3.05) is 0 Å². The second-order valence-corrected chi connectivity index (χ2v) is 5.16. The van der Waals surface area contributed by atoms with Gasteiger partial charge in [-0.3, -0.25) is 9.89 Å². The number of hydrogen-bond acceptors (Lipinski definition) is 3. The monoisotopic (exact) mass is 334 g/mol. The van der Waals surface area contributed by atoms with Gasteiger partial charge in [0.15, 0.2) is 0 Å². The van der Waals surface area contributed by atoms with Crippen molar-refractivity contribution in [3.63, 3.8) is 0 Å². The van der Waals surface area contributed by atoms with E-state index >= 15 is 0 Å². The van der Waals surface area contributed by atoms with Crippen LogP contribution >= 0.6 is 0 Å². The van der Waals surface area contributed by atoms with Crippen molar-refractivity contribution in [1.82, 2.24) is 15.6 Å². The number of benzene rings is 2. The molecule has 25 heavy (non-hydrogen) atoms. The Morgan fingerprint density at radius 2 is 1.88 bits per heavy atom. The van der Waals surface area contributed by atoms with Crippen LogP contribution in [0.1, 0.15) is 16.1 Å². The molecule has 0 unspecified atom stereocenters. The minimum atomic E-state index is -0.412. The van der Waals surface area contributed by atoms with E-state index in [1.165, 1.54) is 18.3 Å². The van der Waals surface area contributed by atoms with E-state index in [0.29, 0.717) is 11.3 Å². The highest BCUT2D eigenvalue weighted by molar-refractivity contribution is 5.93. The molecule has 0 aliphatic carbocycles. The van der Waals surface area contributed by atoms with Crippen LogP contribution in [0.2, 0.25) is 0 Å². The van der Waals surface area contributed by atoms with Crippen molar-refractivity contribution in [3.8, 4) is 11.3 Å². The van der Waals surface area contributed by atoms with Gasteiger partial charge in [-0.2, -0.15) is 10.2 Å². The lowest BCUT2D eigenvalue weighted by molar-refractivity contribution is 0.0950. The number of carbonyl (C=O) groups excluding carboxylic acids is 1. The number of aromatic amines is 1. The molecule has 1 amide bonds. The Hall–Kier alpha value is -3.54. The van der Waals surface area contributed by atoms with Crippen LogP contribution < -0.4 is 5.43 Å². The Kier molecular flexibility index (Phi) is 5.11. The number of nitrogens with zero attached hydrogens (tertiary/aromatic N) is 2. The molecule has 1 heterocycles. The zero-order chi connectivity index (χ0) is 17.5. The van der Waals surface area contributed by atoms with Gasteiger partial charge in [-0.25, -0.2) is 9.82 Å². The Bertz CT molecular complexity index is 899. The molecule has 0 spiro atoms. The van der Waals surface area contributed by atoms with Crippen molar-refractivity contribution < 1.29 is 9.18 Å². The van der Waals surface area contributed by atoms with Crippen LogP contribution in [0.3, 0.4) is 0 Å². The third-order valence-electron chi connectivity index (χ3n) is 3.38. The highest BCUT2D eigenvalue weighted by Gasteiger charge is 2.10. The second-order valence-electron chi connectivity index (χ2n) is 5.16. The average molecular weight is 334 g/mol. The van der Waals surface area contributed by atoms with Gasteiger partial charge < -0.3 is 0 Å². The van der Waals surface area contributed by atoms with Gasteiger partial charge in [0.1, 0.15) is 11.5 Å². The van der Waals surface area contributed by atoms with Gasteiger partial charge in [-0.1, -0.05) is 36.4 Å². The molecular formula is C19H15FN4O. The van der Waals surface area contributed by atoms with Crippen LogP contribution in [-0.4, -0.2) is 22.3 Å². The Morgan fingerprint density at radius 1 is 1.12 bits per heavy atom. The number of H-pyrrole nitrogens is 1. The fraction of sp³-hybridized carbons (Fsp3) is 0. The summed E-state index contributed by atoms with van der Waals surface area (Å²) in [6.45, 7) is 0. The molecule has 0 fully saturated rings. The fourth-order valence-corrected chi connectivity index (χ4v) is 2.12. The van der Waals surface area contributed by atoms with Crippen molar-refractivity contribution in [1.29, 1.82) is 0 Å². The van der Waals surface area contributed by atoms with Crippen LogP contribution in [0.25, 0.3) is 17.3 Å². The predicted octanol–water partition coefficient (Wildman–Crippen LogP) is 3.64. The smallest absolute Gasteiger partial charge is 0.272 e. The second kappa shape index (κ2) is 7.83. The minimum Gasteiger partial charge on any atom is -0.272 e. The van der Waals surface area contributed by atoms with Gasteiger partial charge in [0.2, 0.25) is 0 Å². The van der Waals surface area contributed by atoms with E-state index in [1.807, 2.05) is 36.4 Å². The van der Waals surface area contributed by atoms with E-state index in [4.69, 9.17) is 0 Å². The van der Waals surface area contributed by atoms with Crippen molar-refractivity contribution in [2.45, 2.75) is 0 Å². The van der Waals surface area contributed by atoms with E-state index in [0.717, 1.165) is 5.56 Å². The summed E-state index contributed by atoms with van der Waals surface area (Å²) < 4.78 is 12.9. The summed E-state index contributed by atoms with van der Waals surface area (Å²) in [6.07, 6.45) is 5.09. The largest absolute Gasteiger partial charge is 0.289 e. The summed E-state index contributed by atoms with van der Waals surface area (Å²) in [4.78, 5) is 12.0. The maximum atomic E-state index is 12.9. The highest BCUT2D eigenvalue weighted by Crippen LogP contribution is 2.17. The molecule has 1 aromatic heterocycles. The molecule has 3 rings (SSSR count). The van der Waals surface area contributed by atoms with Crippen molar-refractivity contribution in [2.24, 2.45) is 5.10 Å². The Labute approximate surface area is 143 Å². The molecule has 5 nitrogen and oxygen atoms in total. The van der Waals surface area contributed by atoms with E-state index in [9.17, 15) is 9.18 Å². The van der Waals surface area contributed by atoms with Crippen molar-refractivity contribution in [3.05, 3.63) is 83.8 Å². The third kappa shape index (κ3) is 4.48. The van der Waals surface area contributed by atoms with Crippen molar-refractivity contribution >= 4 is 18.2 Å². The lowest BCUT2D eigenvalue weighted by Crippen LogP contribution is -2.17. The normalized spacial score (nSPS) is 11.2. The van der Waals surface area contributed by atoms with Gasteiger partial charge in [0.25, 0.3) is 5.91 Å². The molecule has 0 bridgehead atoms. The third-order valence-corrected chi connectivity index (χ3v) is 3.38. The molecule has 0 saturated heterocycles. The standard InChI is InChI=1S/C19H15FN4O/c20-16-10-8-15(9-11-16)17-13-18(23-22-17)19(25)24-21-12-4-7-14-5-2-1-3-6-14/h1-13H,(H,22,23)(H,24,25). The first-order valence-corrected chi connectivity index (χ1v) is 7.59. The van der Waals surface area contributed by atoms with Crippen LogP contribution in [0.5, 0.6) is 0 Å². The van der Waals surface area contributed by atoms with Crippen LogP contribution in [-0.2, 0) is 0 Å². The Balaban J connectivity index is 1.57. The molecule has 6 heteroatoms. The molecule has 2 N–H and O–H groups in total. The van der Waals surface area contributed by atoms with Gasteiger partial charge in [0.05, 0.1) is 5.69 Å². The number of halogens is 1. The summed E-state index contributed by atoms with van der Waals surface area (Å²) in [7, 11) is 0. The average Bonchev–Trinajstić information content (AvgIpc) is 3.13. The summed E-state index contributed by atoms with van der Waals surface area (Å²) in [6, 6.07) is 17.2. The number of carbonyl (C=O) groups is 1. The SMILES string of the molecule is O=C(NN=CC=Cc1ccccc1)c1cc(-c2ccc(F)cc2)n[nH]1. The quantitative estimate of drug-likeness (QED) is 0.552. The molecule has 2 aromatic carbocycles. The summed E-state index contributed by atoms with van der Waals surface area (Å²) >= 11 is 0. The number of nitrogens with one attached hydrogen (secondary N) is 2. The molecule has 3 aromatic rings. The van der Waals surface area contributed by atoms with Crippen LogP contribution in [0.4, 0.5) is 4.39 Å². The van der Waals surface area contributed by atoms with Crippen LogP contribution in [0, 0.1) is 5.82 Å². The minimum absolute atomic E-state index is 0.267. The number of rotatable bonds is 5. The maximum absolute atomic E-state index is 12.9. The predicted molar refractivity (Wildman–Crippen MR) is 95.4 cm³/mol. The number of hydrazone groups is 1. The molecule has 0 saturated carbocycles. The summed E-state index contributed by atoms with van der Waals surface area (Å²) in [5, 5.41) is 10.5. The van der Waals surface area contributed by atoms with E-state index < -0.39 is 5.91 Å². The first kappa shape index (κ1) is 16.3. The molecule has 0 radical (unpaired) electrons. The molecule has 0 aliphatic rings. The van der Waals surface area contributed by atoms with Crippen LogP contribution in [0.15, 0.2) is 71.8 Å². The number of aromatic nitrogens is 2. The zero-order valence-electron chi connectivity index (χ0n) is 13.2. The molecular weight excluding hydrogens is 319 g/mol. The van der Waals surface area contributed by atoms with E-state index in [1.54, 1.807) is 24.3 Å². The summed E-state index contributed by atoms with van der Waals surface area (Å²) in [5.41, 5.74) is 4.98. The first-order valence-electron chi connectivity index (χ1n) is 7.59. The van der Waals surface area contributed by atoms with Gasteiger partial charge >= 0.3 is 0 Å². The number of hydrogen-bond donors (Lipinski definition) is 2. The highest BCUT2D eigenvalue weighted by atomic mass is 19.1. The zero-order valence-corrected chi connectivity index (χ0v) is 13.2. The van der Waals surface area contributed by atoms with Gasteiger partial charge in [-0.15, -0.1) is 0 Å². The topological polar surface area (TPSA) is 70.1 Å². The maximum Gasteiger partial charge on any atom is 0.289 e. The Morgan fingerprint density at radius 3 is 2.64 bits per heavy atom. The number of amides is 1. The first-order chi connectivity index (χ1) is 12.2. The van der Waals surface area contributed by atoms with Gasteiger partial charge in [0, 0.05) is 11.8 Å². The summed E-state index contributed by atoms with van der Waals surface area (Å²) in [5.74, 6) is -0.736. The molecule has 0 atom stereocenters. The van der Waals surface area contributed by atoms with E-state index in [2.05, 4.69) is 20.7 Å². The van der Waals surface area contributed by atoms with E-state index in [-0.39, 0.29) is 11.5 Å². The molecule has 124 valence electrons. The fourth-order valence-electron chi connectivity index (χ4n) is 2.12. The lowest BCUT2D eigenvalue weighted by atomic mass is 10.1. The van der Waals surface area contributed by atoms with Gasteiger partial charge in [-0.05, 0) is 42.0 Å². The lowest BCUT2D eigenvalue weighted by Gasteiger charge is -1.95. The number of allylic oxidation sites excluding steroid dienone is 1.